The smallest absolute Gasteiger partial charge is 0.222 e. The molecule has 1 aliphatic rings. The second-order valence-electron chi connectivity index (χ2n) is 4.70. The van der Waals surface area contributed by atoms with Crippen molar-refractivity contribution in [3.05, 3.63) is 18.0 Å². The molecule has 0 spiro atoms. The van der Waals surface area contributed by atoms with Crippen LogP contribution in [0.5, 0.6) is 0 Å². The Hall–Kier alpha value is -1.12. The summed E-state index contributed by atoms with van der Waals surface area (Å²) < 4.78 is 0. The second-order valence-corrected chi connectivity index (χ2v) is 4.70. The van der Waals surface area contributed by atoms with Crippen molar-refractivity contribution in [3.63, 3.8) is 0 Å². The lowest BCUT2D eigenvalue weighted by molar-refractivity contribution is 0.357. The van der Waals surface area contributed by atoms with Gasteiger partial charge in [0.05, 0.1) is 0 Å². The number of anilines is 1. The molecule has 0 saturated heterocycles. The fourth-order valence-electron chi connectivity index (χ4n) is 2.21. The number of hydrogen-bond acceptors (Lipinski definition) is 3. The van der Waals surface area contributed by atoms with Gasteiger partial charge < -0.3 is 5.32 Å². The number of aromatic nitrogens is 2. The summed E-state index contributed by atoms with van der Waals surface area (Å²) >= 11 is 0. The molecule has 0 amide bonds. The number of nitrogens with zero attached hydrogens (tertiary/aromatic N) is 2. The van der Waals surface area contributed by atoms with Gasteiger partial charge in [-0.2, -0.15) is 0 Å². The van der Waals surface area contributed by atoms with Gasteiger partial charge in [0.1, 0.15) is 0 Å². The molecule has 1 aliphatic carbocycles. The predicted molar refractivity (Wildman–Crippen MR) is 61.8 cm³/mol. The Kier molecular flexibility index (Phi) is 3.19. The van der Waals surface area contributed by atoms with E-state index in [-0.39, 0.29) is 0 Å². The lowest BCUT2D eigenvalue weighted by atomic mass is 9.87. The SMILES string of the molecule is Cc1cnc(NC2CCCC(C)C2)nc1. The lowest BCUT2D eigenvalue weighted by Crippen LogP contribution is -2.27. The highest BCUT2D eigenvalue weighted by atomic mass is 15.1. The van der Waals surface area contributed by atoms with Crippen molar-refractivity contribution in [2.45, 2.75) is 45.6 Å². The zero-order valence-electron chi connectivity index (χ0n) is 9.53. The minimum Gasteiger partial charge on any atom is -0.351 e. The third-order valence-corrected chi connectivity index (χ3v) is 3.05. The molecule has 0 aliphatic heterocycles. The monoisotopic (exact) mass is 205 g/mol. The van der Waals surface area contributed by atoms with E-state index in [0.717, 1.165) is 17.4 Å². The number of rotatable bonds is 2. The molecule has 1 aromatic rings. The molecule has 1 N–H and O–H groups in total. The molecule has 1 aromatic heterocycles. The highest BCUT2D eigenvalue weighted by molar-refractivity contribution is 5.26. The van der Waals surface area contributed by atoms with Crippen LogP contribution in [0.2, 0.25) is 0 Å². The first-order chi connectivity index (χ1) is 7.24. The van der Waals surface area contributed by atoms with Crippen LogP contribution >= 0.6 is 0 Å². The van der Waals surface area contributed by atoms with E-state index in [2.05, 4.69) is 22.2 Å². The fraction of sp³-hybridized carbons (Fsp3) is 0.667. The maximum absolute atomic E-state index is 4.28. The quantitative estimate of drug-likeness (QED) is 0.806. The van der Waals surface area contributed by atoms with Gasteiger partial charge in [0.25, 0.3) is 0 Å². The van der Waals surface area contributed by atoms with Gasteiger partial charge in [-0.25, -0.2) is 9.97 Å². The van der Waals surface area contributed by atoms with Gasteiger partial charge in [0, 0.05) is 18.4 Å². The van der Waals surface area contributed by atoms with E-state index in [0.29, 0.717) is 6.04 Å². The van der Waals surface area contributed by atoms with Crippen molar-refractivity contribution >= 4 is 5.95 Å². The summed E-state index contributed by atoms with van der Waals surface area (Å²) in [5.74, 6) is 1.61. The van der Waals surface area contributed by atoms with Crippen LogP contribution in [0.3, 0.4) is 0 Å². The number of aryl methyl sites for hydroxylation is 1. The largest absolute Gasteiger partial charge is 0.351 e. The predicted octanol–water partition coefficient (Wildman–Crippen LogP) is 2.78. The Morgan fingerprint density at radius 2 is 2.00 bits per heavy atom. The van der Waals surface area contributed by atoms with E-state index in [1.165, 1.54) is 25.7 Å². The van der Waals surface area contributed by atoms with Crippen molar-refractivity contribution in [1.29, 1.82) is 0 Å². The molecule has 1 saturated carbocycles. The Labute approximate surface area is 91.3 Å². The zero-order chi connectivity index (χ0) is 10.7. The van der Waals surface area contributed by atoms with E-state index in [1.807, 2.05) is 19.3 Å². The summed E-state index contributed by atoms with van der Waals surface area (Å²) in [4.78, 5) is 8.55. The standard InChI is InChI=1S/C12H19N3/c1-9-4-3-5-11(6-9)15-12-13-7-10(2)8-14-12/h7-9,11H,3-6H2,1-2H3,(H,13,14,15). The molecule has 82 valence electrons. The van der Waals surface area contributed by atoms with Crippen LogP contribution in [0.15, 0.2) is 12.4 Å². The molecule has 1 heterocycles. The fourth-order valence-corrected chi connectivity index (χ4v) is 2.21. The summed E-state index contributed by atoms with van der Waals surface area (Å²) in [6.07, 6.45) is 8.92. The van der Waals surface area contributed by atoms with E-state index in [9.17, 15) is 0 Å². The Morgan fingerprint density at radius 3 is 2.67 bits per heavy atom. The van der Waals surface area contributed by atoms with Crippen LogP contribution in [0, 0.1) is 12.8 Å². The van der Waals surface area contributed by atoms with Crippen LogP contribution < -0.4 is 5.32 Å². The Balaban J connectivity index is 1.93. The summed E-state index contributed by atoms with van der Waals surface area (Å²) in [5, 5.41) is 3.42. The third-order valence-electron chi connectivity index (χ3n) is 3.05. The van der Waals surface area contributed by atoms with Gasteiger partial charge in [0.15, 0.2) is 0 Å². The summed E-state index contributed by atoms with van der Waals surface area (Å²) in [6.45, 7) is 4.33. The highest BCUT2D eigenvalue weighted by Gasteiger charge is 2.18. The molecule has 2 unspecified atom stereocenters. The first-order valence-corrected chi connectivity index (χ1v) is 5.79. The van der Waals surface area contributed by atoms with E-state index in [1.54, 1.807) is 0 Å². The summed E-state index contributed by atoms with van der Waals surface area (Å²) in [6, 6.07) is 0.566. The first kappa shape index (κ1) is 10.4. The number of hydrogen-bond donors (Lipinski definition) is 1. The summed E-state index contributed by atoms with van der Waals surface area (Å²) in [5.41, 5.74) is 1.11. The van der Waals surface area contributed by atoms with Crippen LogP contribution in [-0.4, -0.2) is 16.0 Å². The molecule has 15 heavy (non-hydrogen) atoms. The molecule has 3 nitrogen and oxygen atoms in total. The minimum absolute atomic E-state index is 0.566. The molecule has 3 heteroatoms. The molecule has 2 atom stereocenters. The van der Waals surface area contributed by atoms with Crippen LogP contribution in [0.25, 0.3) is 0 Å². The van der Waals surface area contributed by atoms with Gasteiger partial charge in [-0.1, -0.05) is 19.8 Å². The Bertz CT molecular complexity index is 307. The Morgan fingerprint density at radius 1 is 1.27 bits per heavy atom. The van der Waals surface area contributed by atoms with Crippen LogP contribution in [0.1, 0.15) is 38.2 Å². The van der Waals surface area contributed by atoms with E-state index < -0.39 is 0 Å². The van der Waals surface area contributed by atoms with Crippen molar-refractivity contribution in [1.82, 2.24) is 9.97 Å². The molecule has 1 fully saturated rings. The molecule has 0 aromatic carbocycles. The van der Waals surface area contributed by atoms with Gasteiger partial charge >= 0.3 is 0 Å². The number of nitrogens with one attached hydrogen (secondary N) is 1. The zero-order valence-corrected chi connectivity index (χ0v) is 9.53. The maximum atomic E-state index is 4.28. The van der Waals surface area contributed by atoms with Gasteiger partial charge in [-0.05, 0) is 31.2 Å². The average molecular weight is 205 g/mol. The second kappa shape index (κ2) is 4.60. The van der Waals surface area contributed by atoms with Crippen molar-refractivity contribution in [2.75, 3.05) is 5.32 Å². The van der Waals surface area contributed by atoms with Crippen LogP contribution in [0.4, 0.5) is 5.95 Å². The highest BCUT2D eigenvalue weighted by Crippen LogP contribution is 2.25. The van der Waals surface area contributed by atoms with Gasteiger partial charge in [0.2, 0.25) is 5.95 Å². The van der Waals surface area contributed by atoms with Crippen molar-refractivity contribution < 1.29 is 0 Å². The maximum Gasteiger partial charge on any atom is 0.222 e. The minimum atomic E-state index is 0.566. The molecular weight excluding hydrogens is 186 g/mol. The first-order valence-electron chi connectivity index (χ1n) is 5.79. The van der Waals surface area contributed by atoms with Crippen molar-refractivity contribution in [3.8, 4) is 0 Å². The molecule has 0 bridgehead atoms. The van der Waals surface area contributed by atoms with Gasteiger partial charge in [-0.3, -0.25) is 0 Å². The molecule has 0 radical (unpaired) electrons. The topological polar surface area (TPSA) is 37.8 Å². The average Bonchev–Trinajstić information content (AvgIpc) is 2.22. The lowest BCUT2D eigenvalue weighted by Gasteiger charge is -2.27. The normalized spacial score (nSPS) is 26.3. The molecular formula is C12H19N3. The summed E-state index contributed by atoms with van der Waals surface area (Å²) in [7, 11) is 0. The molecule has 2 rings (SSSR count). The van der Waals surface area contributed by atoms with Gasteiger partial charge in [-0.15, -0.1) is 0 Å². The third kappa shape index (κ3) is 2.91. The van der Waals surface area contributed by atoms with Crippen molar-refractivity contribution in [2.24, 2.45) is 5.92 Å². The van der Waals surface area contributed by atoms with E-state index in [4.69, 9.17) is 0 Å². The van der Waals surface area contributed by atoms with E-state index >= 15 is 0 Å². The van der Waals surface area contributed by atoms with Crippen LogP contribution in [-0.2, 0) is 0 Å².